The van der Waals surface area contributed by atoms with E-state index >= 15 is 0 Å². The van der Waals surface area contributed by atoms with Gasteiger partial charge in [-0.15, -0.1) is 0 Å². The molecule has 1 saturated heterocycles. The Labute approximate surface area is 139 Å². The van der Waals surface area contributed by atoms with Gasteiger partial charge in [0.2, 0.25) is 0 Å². The van der Waals surface area contributed by atoms with E-state index in [1.807, 2.05) is 0 Å². The number of hydrogen-bond acceptors (Lipinski definition) is 4. The minimum Gasteiger partial charge on any atom is -0.350 e. The Hall–Kier alpha value is -1.88. The fourth-order valence-corrected chi connectivity index (χ4v) is 2.43. The maximum absolute atomic E-state index is 13.2. The fourth-order valence-electron chi connectivity index (χ4n) is 2.43. The van der Waals surface area contributed by atoms with Gasteiger partial charge in [-0.05, 0) is 12.1 Å². The van der Waals surface area contributed by atoms with Crippen molar-refractivity contribution >= 4 is 5.91 Å². The highest BCUT2D eigenvalue weighted by molar-refractivity contribution is 5.93. The Morgan fingerprint density at radius 2 is 1.84 bits per heavy atom. The summed E-state index contributed by atoms with van der Waals surface area (Å²) in [5, 5.41) is 5.05. The van der Waals surface area contributed by atoms with Gasteiger partial charge in [-0.3, -0.25) is 14.7 Å². The van der Waals surface area contributed by atoms with E-state index in [-0.39, 0.29) is 18.7 Å². The fraction of sp³-hybridized carbons (Fsp3) is 0.571. The van der Waals surface area contributed by atoms with Crippen molar-refractivity contribution in [3.8, 4) is 0 Å². The van der Waals surface area contributed by atoms with Gasteiger partial charge in [0.15, 0.2) is 0 Å². The normalized spacial score (nSPS) is 18.0. The van der Waals surface area contributed by atoms with E-state index in [2.05, 4.69) is 15.6 Å². The zero-order valence-electron chi connectivity index (χ0n) is 12.9. The number of alkyl halides is 6. The van der Waals surface area contributed by atoms with Crippen LogP contribution in [0.2, 0.25) is 0 Å². The molecule has 0 radical (unpaired) electrons. The molecule has 0 bridgehead atoms. The molecule has 11 heteroatoms. The van der Waals surface area contributed by atoms with Gasteiger partial charge in [-0.2, -0.15) is 26.3 Å². The molecule has 5 nitrogen and oxygen atoms in total. The second-order valence-corrected chi connectivity index (χ2v) is 5.48. The Kier molecular flexibility index (Phi) is 5.88. The third kappa shape index (κ3) is 5.30. The van der Waals surface area contributed by atoms with Crippen LogP contribution < -0.4 is 10.6 Å². The van der Waals surface area contributed by atoms with Crippen LogP contribution in [0.1, 0.15) is 16.1 Å². The van der Waals surface area contributed by atoms with Crippen LogP contribution in [0.4, 0.5) is 26.3 Å². The van der Waals surface area contributed by atoms with Gasteiger partial charge in [0.05, 0.1) is 5.56 Å². The molecule has 1 aromatic heterocycles. The van der Waals surface area contributed by atoms with Crippen molar-refractivity contribution in [3.05, 3.63) is 29.6 Å². The molecule has 140 valence electrons. The van der Waals surface area contributed by atoms with Gasteiger partial charge in [-0.1, -0.05) is 0 Å². The number of hydrogen-bond donors (Lipinski definition) is 2. The molecule has 1 atom stereocenters. The lowest BCUT2D eigenvalue weighted by Crippen LogP contribution is -2.57. The lowest BCUT2D eigenvalue weighted by atomic mass is 10.2. The van der Waals surface area contributed by atoms with Crippen LogP contribution in [-0.2, 0) is 6.18 Å². The maximum Gasteiger partial charge on any atom is 0.433 e. The highest BCUT2D eigenvalue weighted by Crippen LogP contribution is 2.27. The monoisotopic (exact) mass is 370 g/mol. The molecule has 0 aromatic carbocycles. The van der Waals surface area contributed by atoms with Crippen molar-refractivity contribution in [1.82, 2.24) is 20.5 Å². The minimum atomic E-state index is -4.65. The molecule has 1 amide bonds. The summed E-state index contributed by atoms with van der Waals surface area (Å²) in [6.07, 6.45) is -8.51. The second-order valence-electron chi connectivity index (χ2n) is 5.48. The summed E-state index contributed by atoms with van der Waals surface area (Å²) in [6, 6.07) is -0.383. The Morgan fingerprint density at radius 1 is 1.20 bits per heavy atom. The standard InChI is InChI=1S/C14H16F6N4O/c15-13(16,17)10-2-1-9(7-22-10)12(25)23-8-11(14(18,19)20)24-5-3-21-4-6-24/h1-2,7,11,21H,3-6,8H2,(H,23,25). The Bertz CT molecular complexity index is 580. The first-order valence-corrected chi connectivity index (χ1v) is 7.42. The molecule has 1 aromatic rings. The van der Waals surface area contributed by atoms with Gasteiger partial charge in [0, 0.05) is 38.9 Å². The number of piperazine rings is 1. The van der Waals surface area contributed by atoms with Crippen molar-refractivity contribution in [3.63, 3.8) is 0 Å². The lowest BCUT2D eigenvalue weighted by Gasteiger charge is -2.35. The van der Waals surface area contributed by atoms with Crippen molar-refractivity contribution in [2.75, 3.05) is 32.7 Å². The van der Waals surface area contributed by atoms with Crippen molar-refractivity contribution < 1.29 is 31.1 Å². The van der Waals surface area contributed by atoms with Gasteiger partial charge in [0.25, 0.3) is 5.91 Å². The molecule has 2 heterocycles. The molecular weight excluding hydrogens is 354 g/mol. The summed E-state index contributed by atoms with van der Waals surface area (Å²) in [4.78, 5) is 16.2. The van der Waals surface area contributed by atoms with Crippen LogP contribution in [0.3, 0.4) is 0 Å². The topological polar surface area (TPSA) is 57.3 Å². The molecule has 1 unspecified atom stereocenters. The first kappa shape index (κ1) is 19.4. The summed E-state index contributed by atoms with van der Waals surface area (Å²) >= 11 is 0. The predicted octanol–water partition coefficient (Wildman–Crippen LogP) is 1.67. The summed E-state index contributed by atoms with van der Waals surface area (Å²) in [5.74, 6) is -0.911. The van der Waals surface area contributed by atoms with E-state index in [0.717, 1.165) is 6.07 Å². The maximum atomic E-state index is 13.2. The SMILES string of the molecule is O=C(NCC(N1CCNCC1)C(F)(F)F)c1ccc(C(F)(F)F)nc1. The van der Waals surface area contributed by atoms with Crippen molar-refractivity contribution in [1.29, 1.82) is 0 Å². The number of aromatic nitrogens is 1. The Morgan fingerprint density at radius 3 is 2.32 bits per heavy atom. The lowest BCUT2D eigenvalue weighted by molar-refractivity contribution is -0.183. The van der Waals surface area contributed by atoms with E-state index in [0.29, 0.717) is 25.4 Å². The molecule has 2 N–H and O–H groups in total. The second kappa shape index (κ2) is 7.56. The average molecular weight is 370 g/mol. The van der Waals surface area contributed by atoms with Crippen LogP contribution >= 0.6 is 0 Å². The largest absolute Gasteiger partial charge is 0.433 e. The van der Waals surface area contributed by atoms with Crippen molar-refractivity contribution in [2.45, 2.75) is 18.4 Å². The predicted molar refractivity (Wildman–Crippen MR) is 75.9 cm³/mol. The quantitative estimate of drug-likeness (QED) is 0.792. The summed E-state index contributed by atoms with van der Waals surface area (Å²) < 4.78 is 76.8. The first-order chi connectivity index (χ1) is 11.6. The summed E-state index contributed by atoms with van der Waals surface area (Å²) in [6.45, 7) is 0.486. The Balaban J connectivity index is 2.00. The number of carbonyl (C=O) groups excluding carboxylic acids is 1. The van der Waals surface area contributed by atoms with E-state index < -0.39 is 36.5 Å². The van der Waals surface area contributed by atoms with Crippen LogP contribution in [-0.4, -0.2) is 60.7 Å². The molecular formula is C14H16F6N4O. The third-order valence-corrected chi connectivity index (χ3v) is 3.74. The summed E-state index contributed by atoms with van der Waals surface area (Å²) in [5.41, 5.74) is -1.42. The van der Waals surface area contributed by atoms with E-state index in [1.165, 1.54) is 4.90 Å². The molecule has 1 aliphatic rings. The number of nitrogens with one attached hydrogen (secondary N) is 2. The smallest absolute Gasteiger partial charge is 0.350 e. The molecule has 1 fully saturated rings. The molecule has 0 aliphatic carbocycles. The van der Waals surface area contributed by atoms with Gasteiger partial charge < -0.3 is 10.6 Å². The number of halogens is 6. The number of pyridine rings is 1. The molecule has 1 aliphatic heterocycles. The number of amides is 1. The highest BCUT2D eigenvalue weighted by atomic mass is 19.4. The molecule has 0 saturated carbocycles. The zero-order valence-corrected chi connectivity index (χ0v) is 12.9. The first-order valence-electron chi connectivity index (χ1n) is 7.42. The van der Waals surface area contributed by atoms with Crippen LogP contribution in [0, 0.1) is 0 Å². The highest BCUT2D eigenvalue weighted by Gasteiger charge is 2.43. The number of rotatable bonds is 4. The van der Waals surface area contributed by atoms with Gasteiger partial charge in [-0.25, -0.2) is 0 Å². The minimum absolute atomic E-state index is 0.182. The van der Waals surface area contributed by atoms with E-state index in [4.69, 9.17) is 0 Å². The summed E-state index contributed by atoms with van der Waals surface area (Å²) in [7, 11) is 0. The molecule has 0 spiro atoms. The van der Waals surface area contributed by atoms with E-state index in [9.17, 15) is 31.1 Å². The van der Waals surface area contributed by atoms with Crippen molar-refractivity contribution in [2.24, 2.45) is 0 Å². The van der Waals surface area contributed by atoms with E-state index in [1.54, 1.807) is 0 Å². The third-order valence-electron chi connectivity index (χ3n) is 3.74. The van der Waals surface area contributed by atoms with Crippen LogP contribution in [0.15, 0.2) is 18.3 Å². The average Bonchev–Trinajstić information content (AvgIpc) is 2.54. The van der Waals surface area contributed by atoms with Gasteiger partial charge >= 0.3 is 12.4 Å². The van der Waals surface area contributed by atoms with Gasteiger partial charge in [0.1, 0.15) is 11.7 Å². The van der Waals surface area contributed by atoms with Crippen LogP contribution in [0.25, 0.3) is 0 Å². The number of carbonyl (C=O) groups is 1. The molecule has 25 heavy (non-hydrogen) atoms. The zero-order chi connectivity index (χ0) is 18.7. The number of nitrogens with zero attached hydrogens (tertiary/aromatic N) is 2. The van der Waals surface area contributed by atoms with Crippen LogP contribution in [0.5, 0.6) is 0 Å². The molecule has 2 rings (SSSR count).